The molecule has 0 atom stereocenters. The lowest BCUT2D eigenvalue weighted by Gasteiger charge is -2.10. The molecule has 37 heteroatoms. The van der Waals surface area contributed by atoms with E-state index in [9.17, 15) is 57.5 Å². The summed E-state index contributed by atoms with van der Waals surface area (Å²) < 4.78 is 11.8. The number of anilines is 7. The van der Waals surface area contributed by atoms with Crippen molar-refractivity contribution in [1.29, 1.82) is 0 Å². The molecule has 0 radical (unpaired) electrons. The van der Waals surface area contributed by atoms with Crippen LogP contribution < -0.4 is 63.8 Å². The molecule has 8 heterocycles. The SMILES string of the molecule is CN(C)CCCNC(=O)CCNC(=O)c1cc(NC(=O)c2nc(NC(=O)CCNC(=O)c3cc(NC(=O)c4nc(NC(=O)CCCNC(=O)c5cc(NC(=O)c6nc(NC(=O)CCNC(=O)c7cc(NC(=O)c8nccn8C)cn7C)cn6C)cn5C)cn4C)cn3C)cn2C)cn1C. The van der Waals surface area contributed by atoms with Crippen LogP contribution in [-0.4, -0.2) is 186 Å². The van der Waals surface area contributed by atoms with Crippen LogP contribution in [0.25, 0.3) is 0 Å². The second-order valence-corrected chi connectivity index (χ2v) is 23.3. The Morgan fingerprint density at radius 2 is 0.646 bits per heavy atom. The highest BCUT2D eigenvalue weighted by molar-refractivity contribution is 6.07. The third-order valence-electron chi connectivity index (χ3n) is 14.9. The predicted octanol–water partition coefficient (Wildman–Crippen LogP) is 0.838. The number of carbonyl (C=O) groups excluding carboxylic acids is 12. The van der Waals surface area contributed by atoms with Crippen molar-refractivity contribution in [3.05, 3.63) is 126 Å². The van der Waals surface area contributed by atoms with Gasteiger partial charge in [0.1, 0.15) is 22.8 Å². The molecule has 8 aromatic rings. The number of aromatic nitrogens is 12. The number of aryl methyl sites for hydroxylation is 8. The third-order valence-corrected chi connectivity index (χ3v) is 14.9. The summed E-state index contributed by atoms with van der Waals surface area (Å²) in [5.41, 5.74) is 2.04. The highest BCUT2D eigenvalue weighted by Gasteiger charge is 2.24. The van der Waals surface area contributed by atoms with Crippen molar-refractivity contribution >= 4 is 111 Å². The summed E-state index contributed by atoms with van der Waals surface area (Å²) >= 11 is 0. The second kappa shape index (κ2) is 32.8. The number of carbonyl (C=O) groups is 12. The molecule has 0 aliphatic rings. The summed E-state index contributed by atoms with van der Waals surface area (Å²) in [6.07, 6.45) is 14.4. The molecule has 99 heavy (non-hydrogen) atoms. The van der Waals surface area contributed by atoms with E-state index < -0.39 is 65.0 Å². The molecular formula is C62H79N25O12. The topological polar surface area (TPSA) is 443 Å². The minimum atomic E-state index is -0.651. The number of rotatable bonds is 32. The summed E-state index contributed by atoms with van der Waals surface area (Å²) in [5, 5.41) is 32.3. The fourth-order valence-corrected chi connectivity index (χ4v) is 9.99. The fourth-order valence-electron chi connectivity index (χ4n) is 9.99. The Labute approximate surface area is 566 Å². The molecule has 0 spiro atoms. The number of nitrogens with zero attached hydrogens (tertiary/aromatic N) is 13. The molecular weight excluding hydrogens is 1290 g/mol. The third kappa shape index (κ3) is 19.8. The molecule has 0 unspecified atom stereocenters. The molecule has 0 aromatic carbocycles. The van der Waals surface area contributed by atoms with E-state index in [0.717, 1.165) is 13.0 Å². The highest BCUT2D eigenvalue weighted by atomic mass is 16.2. The van der Waals surface area contributed by atoms with Crippen LogP contribution >= 0.6 is 0 Å². The van der Waals surface area contributed by atoms with Crippen LogP contribution in [0, 0.1) is 0 Å². The van der Waals surface area contributed by atoms with Crippen molar-refractivity contribution in [2.45, 2.75) is 38.5 Å². The van der Waals surface area contributed by atoms with Crippen LogP contribution in [0.1, 0.15) is 123 Å². The van der Waals surface area contributed by atoms with Crippen molar-refractivity contribution in [1.82, 2.24) is 88.0 Å². The Bertz CT molecular complexity index is 4370. The number of hydrogen-bond acceptors (Lipinski definition) is 17. The summed E-state index contributed by atoms with van der Waals surface area (Å²) in [6, 6.07) is 5.85. The first-order valence-corrected chi connectivity index (χ1v) is 31.0. The Kier molecular flexibility index (Phi) is 24.0. The lowest BCUT2D eigenvalue weighted by Crippen LogP contribution is -2.32. The number of hydrogen-bond donors (Lipinski definition) is 12. The van der Waals surface area contributed by atoms with Crippen LogP contribution in [0.15, 0.2) is 80.0 Å². The van der Waals surface area contributed by atoms with E-state index in [2.05, 4.69) is 83.7 Å². The Morgan fingerprint density at radius 3 is 0.980 bits per heavy atom. The molecule has 37 nitrogen and oxygen atoms in total. The molecule has 0 saturated heterocycles. The van der Waals surface area contributed by atoms with Crippen LogP contribution in [0.5, 0.6) is 0 Å². The van der Waals surface area contributed by atoms with E-state index >= 15 is 0 Å². The van der Waals surface area contributed by atoms with Crippen molar-refractivity contribution < 1.29 is 57.5 Å². The molecule has 0 bridgehead atoms. The van der Waals surface area contributed by atoms with E-state index in [1.54, 1.807) is 79.5 Å². The van der Waals surface area contributed by atoms with E-state index in [0.29, 0.717) is 17.9 Å². The Hall–Kier alpha value is -12.4. The van der Waals surface area contributed by atoms with Crippen LogP contribution in [-0.2, 0) is 75.6 Å². The zero-order valence-electron chi connectivity index (χ0n) is 56.2. The maximum Gasteiger partial charge on any atom is 0.291 e. The van der Waals surface area contributed by atoms with Crippen molar-refractivity contribution in [3.8, 4) is 0 Å². The van der Waals surface area contributed by atoms with Crippen LogP contribution in [0.2, 0.25) is 0 Å². The maximum absolute atomic E-state index is 13.4. The fraction of sp³-hybridized carbons (Fsp3) is 0.355. The highest BCUT2D eigenvalue weighted by Crippen LogP contribution is 2.20. The molecule has 0 fully saturated rings. The standard InChI is InChI=1S/C62H79N25O12/c1-79(2)23-12-18-63-47(88)14-19-66-56(93)42-27-38(31-83(42)6)72-62(99)54-78-46(35-87(54)10)75-50(91)16-21-68-58(95)43-28-39(32-84(43)7)71-60(97)52-76-44(33-85(52)8)73-48(89)13-11-17-65-55(92)40-26-37(30-81(40)4)70-61(98)53-77-45(34-86(53)9)74-49(90)15-20-67-57(94)41-25-36(29-82(41)5)69-59(96)51-64-22-24-80(51)3/h22,24-35H,11-21,23H2,1-10H3,(H,63,88)(H,65,92)(H,66,93)(H,67,94)(H,68,95)(H,69,96)(H,70,98)(H,71,97)(H,72,99)(H,73,89)(H,74,90)(H,75,91). The average Bonchev–Trinajstić information content (AvgIpc) is 1.70. The Balaban J connectivity index is 0.700. The van der Waals surface area contributed by atoms with Gasteiger partial charge in [0.2, 0.25) is 41.1 Å². The van der Waals surface area contributed by atoms with Gasteiger partial charge in [-0.05, 0) is 57.7 Å². The van der Waals surface area contributed by atoms with Gasteiger partial charge in [0.15, 0.2) is 23.3 Å². The summed E-state index contributed by atoms with van der Waals surface area (Å²) in [7, 11) is 16.7. The molecule has 0 saturated carbocycles. The van der Waals surface area contributed by atoms with Gasteiger partial charge in [0, 0.05) is 171 Å². The molecule has 0 aliphatic carbocycles. The van der Waals surface area contributed by atoms with Gasteiger partial charge < -0.3 is 105 Å². The van der Waals surface area contributed by atoms with Gasteiger partial charge >= 0.3 is 0 Å². The zero-order valence-corrected chi connectivity index (χ0v) is 56.2. The van der Waals surface area contributed by atoms with Gasteiger partial charge in [-0.2, -0.15) is 0 Å². The minimum Gasteiger partial charge on any atom is -0.356 e. The van der Waals surface area contributed by atoms with Gasteiger partial charge in [-0.25, -0.2) is 19.9 Å². The van der Waals surface area contributed by atoms with Gasteiger partial charge in [-0.1, -0.05) is 0 Å². The van der Waals surface area contributed by atoms with E-state index in [4.69, 9.17) is 0 Å². The molecule has 12 amide bonds. The van der Waals surface area contributed by atoms with Crippen LogP contribution in [0.4, 0.5) is 40.2 Å². The molecule has 12 N–H and O–H groups in total. The first-order valence-electron chi connectivity index (χ1n) is 31.0. The first kappa shape index (κ1) is 72.4. The smallest absolute Gasteiger partial charge is 0.291 e. The second-order valence-electron chi connectivity index (χ2n) is 23.3. The van der Waals surface area contributed by atoms with E-state index in [1.165, 1.54) is 93.4 Å². The maximum atomic E-state index is 13.4. The van der Waals surface area contributed by atoms with Crippen molar-refractivity contribution in [2.75, 3.05) is 90.6 Å². The van der Waals surface area contributed by atoms with Gasteiger partial charge in [-0.15, -0.1) is 0 Å². The average molecular weight is 1370 g/mol. The lowest BCUT2D eigenvalue weighted by molar-refractivity contribution is -0.121. The van der Waals surface area contributed by atoms with Gasteiger partial charge in [0.25, 0.3) is 47.3 Å². The van der Waals surface area contributed by atoms with E-state index in [-0.39, 0.29) is 139 Å². The quantitative estimate of drug-likeness (QED) is 0.0260. The number of nitrogens with one attached hydrogen (secondary N) is 12. The van der Waals surface area contributed by atoms with Gasteiger partial charge in [0.05, 0.1) is 22.7 Å². The summed E-state index contributed by atoms with van der Waals surface area (Å²) in [4.78, 5) is 174. The number of amides is 12. The molecule has 8 aromatic heterocycles. The first-order chi connectivity index (χ1) is 47.1. The summed E-state index contributed by atoms with van der Waals surface area (Å²) in [5.74, 6) is -5.67. The predicted molar refractivity (Wildman–Crippen MR) is 361 cm³/mol. The largest absolute Gasteiger partial charge is 0.356 e. The number of imidazole rings is 4. The molecule has 524 valence electrons. The van der Waals surface area contributed by atoms with Crippen molar-refractivity contribution in [3.63, 3.8) is 0 Å². The molecule has 8 rings (SSSR count). The normalized spacial score (nSPS) is 11.0. The van der Waals surface area contributed by atoms with Crippen molar-refractivity contribution in [2.24, 2.45) is 56.4 Å². The minimum absolute atomic E-state index is 0.0284. The zero-order chi connectivity index (χ0) is 71.8. The summed E-state index contributed by atoms with van der Waals surface area (Å²) in [6.45, 7) is 1.47. The van der Waals surface area contributed by atoms with Gasteiger partial charge in [-0.3, -0.25) is 57.5 Å². The van der Waals surface area contributed by atoms with E-state index in [1.807, 2.05) is 19.0 Å². The lowest BCUT2D eigenvalue weighted by atomic mass is 10.3. The molecule has 0 aliphatic heterocycles. The Morgan fingerprint density at radius 1 is 0.333 bits per heavy atom. The monoisotopic (exact) mass is 1370 g/mol. The van der Waals surface area contributed by atoms with Crippen LogP contribution in [0.3, 0.4) is 0 Å².